The smallest absolute Gasteiger partial charge is 0.257 e. The lowest BCUT2D eigenvalue weighted by Crippen LogP contribution is -2.13. The number of rotatable bonds is 7. The van der Waals surface area contributed by atoms with Crippen LogP contribution in [0.3, 0.4) is 0 Å². The molecule has 0 unspecified atom stereocenters. The fraction of sp³-hybridized carbons (Fsp3) is 0.100. The SMILES string of the molecule is COc1ccc(COc2ccc(O)c(NC(=O)c3cncc(C=O)c3)c2)nc1. The van der Waals surface area contributed by atoms with Gasteiger partial charge in [-0.1, -0.05) is 0 Å². The molecule has 0 aliphatic carbocycles. The monoisotopic (exact) mass is 379 g/mol. The number of ether oxygens (including phenoxy) is 2. The van der Waals surface area contributed by atoms with Gasteiger partial charge in [-0.05, 0) is 30.3 Å². The summed E-state index contributed by atoms with van der Waals surface area (Å²) in [5.74, 6) is 0.445. The number of hydrogen-bond donors (Lipinski definition) is 2. The molecule has 3 aromatic rings. The molecule has 0 aliphatic heterocycles. The Labute approximate surface area is 160 Å². The van der Waals surface area contributed by atoms with Crippen molar-refractivity contribution in [2.24, 2.45) is 0 Å². The van der Waals surface area contributed by atoms with E-state index in [1.165, 1.54) is 30.6 Å². The molecule has 0 spiro atoms. The van der Waals surface area contributed by atoms with Crippen molar-refractivity contribution in [1.82, 2.24) is 9.97 Å². The normalized spacial score (nSPS) is 10.2. The standard InChI is InChI=1S/C20H17N3O5/c1-27-17-3-2-15(22-10-17)12-28-16-4-5-19(25)18(7-16)23-20(26)14-6-13(11-24)8-21-9-14/h2-11,25H,12H2,1H3,(H,23,26). The predicted molar refractivity (Wildman–Crippen MR) is 101 cm³/mol. The van der Waals surface area contributed by atoms with E-state index in [0.29, 0.717) is 23.5 Å². The Bertz CT molecular complexity index is 989. The third-order valence-corrected chi connectivity index (χ3v) is 3.79. The average Bonchev–Trinajstić information content (AvgIpc) is 2.74. The molecule has 1 aromatic carbocycles. The van der Waals surface area contributed by atoms with Crippen LogP contribution in [0, 0.1) is 0 Å². The molecule has 0 radical (unpaired) electrons. The summed E-state index contributed by atoms with van der Waals surface area (Å²) in [7, 11) is 1.56. The Balaban J connectivity index is 1.69. The fourth-order valence-corrected chi connectivity index (χ4v) is 2.32. The van der Waals surface area contributed by atoms with E-state index >= 15 is 0 Å². The molecule has 2 aromatic heterocycles. The van der Waals surface area contributed by atoms with E-state index in [-0.39, 0.29) is 29.2 Å². The van der Waals surface area contributed by atoms with Crippen molar-refractivity contribution in [2.45, 2.75) is 6.61 Å². The van der Waals surface area contributed by atoms with Gasteiger partial charge in [0.05, 0.1) is 30.3 Å². The second-order valence-corrected chi connectivity index (χ2v) is 5.74. The number of amides is 1. The first-order valence-electron chi connectivity index (χ1n) is 8.25. The van der Waals surface area contributed by atoms with E-state index in [9.17, 15) is 14.7 Å². The van der Waals surface area contributed by atoms with Gasteiger partial charge in [0.1, 0.15) is 23.9 Å². The van der Waals surface area contributed by atoms with Crippen molar-refractivity contribution in [3.63, 3.8) is 0 Å². The molecule has 2 heterocycles. The molecular weight excluding hydrogens is 362 g/mol. The minimum absolute atomic E-state index is 0.122. The quantitative estimate of drug-likeness (QED) is 0.480. The number of anilines is 1. The van der Waals surface area contributed by atoms with Gasteiger partial charge in [0.25, 0.3) is 5.91 Å². The van der Waals surface area contributed by atoms with Gasteiger partial charge in [-0.15, -0.1) is 0 Å². The highest BCUT2D eigenvalue weighted by molar-refractivity contribution is 6.05. The van der Waals surface area contributed by atoms with Crippen molar-refractivity contribution in [3.05, 3.63) is 71.8 Å². The maximum Gasteiger partial charge on any atom is 0.257 e. The number of phenolic OH excluding ortho intramolecular Hbond substituents is 1. The second-order valence-electron chi connectivity index (χ2n) is 5.74. The number of phenols is 1. The van der Waals surface area contributed by atoms with Crippen molar-refractivity contribution in [2.75, 3.05) is 12.4 Å². The Kier molecular flexibility index (Phi) is 5.81. The molecule has 8 nitrogen and oxygen atoms in total. The molecular formula is C20H17N3O5. The van der Waals surface area contributed by atoms with Crippen LogP contribution in [0.15, 0.2) is 55.0 Å². The van der Waals surface area contributed by atoms with E-state index in [4.69, 9.17) is 9.47 Å². The van der Waals surface area contributed by atoms with Crippen molar-refractivity contribution in [1.29, 1.82) is 0 Å². The van der Waals surface area contributed by atoms with Gasteiger partial charge in [0, 0.05) is 24.0 Å². The highest BCUT2D eigenvalue weighted by Crippen LogP contribution is 2.29. The van der Waals surface area contributed by atoms with Crippen LogP contribution in [0.2, 0.25) is 0 Å². The van der Waals surface area contributed by atoms with Crippen molar-refractivity contribution >= 4 is 17.9 Å². The highest BCUT2D eigenvalue weighted by atomic mass is 16.5. The van der Waals surface area contributed by atoms with E-state index in [1.54, 1.807) is 31.5 Å². The van der Waals surface area contributed by atoms with Crippen LogP contribution < -0.4 is 14.8 Å². The third-order valence-electron chi connectivity index (χ3n) is 3.79. The van der Waals surface area contributed by atoms with E-state index in [2.05, 4.69) is 15.3 Å². The van der Waals surface area contributed by atoms with Crippen LogP contribution in [-0.4, -0.2) is 34.4 Å². The Hall–Kier alpha value is -3.94. The molecule has 0 fully saturated rings. The summed E-state index contributed by atoms with van der Waals surface area (Å²) < 4.78 is 10.7. The van der Waals surface area contributed by atoms with Gasteiger partial charge in [-0.25, -0.2) is 0 Å². The minimum Gasteiger partial charge on any atom is -0.506 e. The van der Waals surface area contributed by atoms with E-state index < -0.39 is 5.91 Å². The van der Waals surface area contributed by atoms with Gasteiger partial charge >= 0.3 is 0 Å². The molecule has 2 N–H and O–H groups in total. The van der Waals surface area contributed by atoms with Crippen LogP contribution in [0.5, 0.6) is 17.2 Å². The molecule has 0 bridgehead atoms. The topological polar surface area (TPSA) is 111 Å². The predicted octanol–water partition coefficient (Wildman–Crippen LogP) is 2.83. The molecule has 1 amide bonds. The molecule has 0 saturated carbocycles. The summed E-state index contributed by atoms with van der Waals surface area (Å²) in [6.07, 6.45) is 4.86. The molecule has 0 atom stereocenters. The molecule has 142 valence electrons. The number of nitrogens with zero attached hydrogens (tertiary/aromatic N) is 2. The summed E-state index contributed by atoms with van der Waals surface area (Å²) in [6.45, 7) is 0.202. The summed E-state index contributed by atoms with van der Waals surface area (Å²) in [5, 5.41) is 12.6. The maximum absolute atomic E-state index is 12.3. The zero-order valence-corrected chi connectivity index (χ0v) is 15.0. The minimum atomic E-state index is -0.513. The number of carbonyl (C=O) groups is 2. The number of aldehydes is 1. The molecule has 3 rings (SSSR count). The zero-order chi connectivity index (χ0) is 19.9. The summed E-state index contributed by atoms with van der Waals surface area (Å²) >= 11 is 0. The lowest BCUT2D eigenvalue weighted by molar-refractivity contribution is 0.102. The van der Waals surface area contributed by atoms with Crippen LogP contribution >= 0.6 is 0 Å². The van der Waals surface area contributed by atoms with Crippen LogP contribution in [-0.2, 0) is 6.61 Å². The molecule has 28 heavy (non-hydrogen) atoms. The Morgan fingerprint density at radius 3 is 2.68 bits per heavy atom. The van der Waals surface area contributed by atoms with Gasteiger partial charge in [-0.2, -0.15) is 0 Å². The van der Waals surface area contributed by atoms with E-state index in [1.807, 2.05) is 0 Å². The molecule has 0 saturated heterocycles. The summed E-state index contributed by atoms with van der Waals surface area (Å²) in [4.78, 5) is 31.2. The fourth-order valence-electron chi connectivity index (χ4n) is 2.32. The average molecular weight is 379 g/mol. The number of pyridine rings is 2. The largest absolute Gasteiger partial charge is 0.506 e. The molecule has 0 aliphatic rings. The third kappa shape index (κ3) is 4.61. The number of carbonyl (C=O) groups excluding carboxylic acids is 2. The number of aromatic hydroxyl groups is 1. The summed E-state index contributed by atoms with van der Waals surface area (Å²) in [5.41, 5.74) is 1.33. The van der Waals surface area contributed by atoms with Crippen LogP contribution in [0.1, 0.15) is 26.4 Å². The number of aromatic nitrogens is 2. The number of methoxy groups -OCH3 is 1. The second kappa shape index (κ2) is 8.63. The van der Waals surface area contributed by atoms with Gasteiger partial charge in [0.2, 0.25) is 0 Å². The van der Waals surface area contributed by atoms with Gasteiger partial charge in [-0.3, -0.25) is 19.6 Å². The lowest BCUT2D eigenvalue weighted by Gasteiger charge is -2.11. The maximum atomic E-state index is 12.3. The number of benzene rings is 1. The number of nitrogens with one attached hydrogen (secondary N) is 1. The van der Waals surface area contributed by atoms with Crippen LogP contribution in [0.25, 0.3) is 0 Å². The Morgan fingerprint density at radius 1 is 1.14 bits per heavy atom. The molecule has 8 heteroatoms. The van der Waals surface area contributed by atoms with Crippen molar-refractivity contribution in [3.8, 4) is 17.2 Å². The van der Waals surface area contributed by atoms with E-state index in [0.717, 1.165) is 0 Å². The van der Waals surface area contributed by atoms with Crippen molar-refractivity contribution < 1.29 is 24.2 Å². The first kappa shape index (κ1) is 18.8. The first-order chi connectivity index (χ1) is 13.6. The summed E-state index contributed by atoms with van der Waals surface area (Å²) in [6, 6.07) is 9.43. The number of hydrogen-bond acceptors (Lipinski definition) is 7. The van der Waals surface area contributed by atoms with Gasteiger partial charge < -0.3 is 19.9 Å². The Morgan fingerprint density at radius 2 is 1.96 bits per heavy atom. The van der Waals surface area contributed by atoms with Gasteiger partial charge in [0.15, 0.2) is 6.29 Å². The highest BCUT2D eigenvalue weighted by Gasteiger charge is 2.11. The zero-order valence-electron chi connectivity index (χ0n) is 15.0. The van der Waals surface area contributed by atoms with Crippen LogP contribution in [0.4, 0.5) is 5.69 Å². The lowest BCUT2D eigenvalue weighted by atomic mass is 10.2. The first-order valence-corrected chi connectivity index (χ1v) is 8.25.